The lowest BCUT2D eigenvalue weighted by atomic mass is 10.1. The maximum atomic E-state index is 11.7. The summed E-state index contributed by atoms with van der Waals surface area (Å²) in [6.45, 7) is 3.65. The number of aromatic nitrogens is 2. The summed E-state index contributed by atoms with van der Waals surface area (Å²) in [6, 6.07) is 4.19. The van der Waals surface area contributed by atoms with Crippen LogP contribution in [0.5, 0.6) is 0 Å². The zero-order chi connectivity index (χ0) is 14.0. The van der Waals surface area contributed by atoms with Gasteiger partial charge in [-0.15, -0.1) is 0 Å². The molecule has 2 rings (SSSR count). The second-order valence-electron chi connectivity index (χ2n) is 4.06. The van der Waals surface area contributed by atoms with Crippen LogP contribution in [0.1, 0.15) is 30.2 Å². The molecule has 1 atom stereocenters. The minimum atomic E-state index is -1.05. The number of ether oxygens (including phenoxy) is 1. The van der Waals surface area contributed by atoms with Crippen LogP contribution >= 0.6 is 0 Å². The molecule has 0 amide bonds. The van der Waals surface area contributed by atoms with Crippen LogP contribution in [0.4, 0.5) is 0 Å². The smallest absolute Gasteiger partial charge is 0.337 e. The van der Waals surface area contributed by atoms with Gasteiger partial charge in [0, 0.05) is 0 Å². The summed E-state index contributed by atoms with van der Waals surface area (Å²) in [7, 11) is 0. The van der Waals surface area contributed by atoms with Crippen molar-refractivity contribution in [1.29, 1.82) is 0 Å². The number of imidazole rings is 1. The number of carboxylic acids is 1. The Labute approximate surface area is 109 Å². The summed E-state index contributed by atoms with van der Waals surface area (Å²) in [5, 5.41) is 9.19. The normalized spacial score (nSPS) is 12.3. The Morgan fingerprint density at radius 2 is 2.21 bits per heavy atom. The Morgan fingerprint density at radius 1 is 1.47 bits per heavy atom. The van der Waals surface area contributed by atoms with E-state index in [9.17, 15) is 14.7 Å². The third kappa shape index (κ3) is 2.29. The third-order valence-corrected chi connectivity index (χ3v) is 2.87. The number of benzene rings is 1. The Morgan fingerprint density at radius 3 is 2.84 bits per heavy atom. The zero-order valence-corrected chi connectivity index (χ0v) is 10.7. The molecule has 1 aromatic carbocycles. The second-order valence-corrected chi connectivity index (χ2v) is 4.06. The van der Waals surface area contributed by atoms with Crippen LogP contribution in [0, 0.1) is 0 Å². The van der Waals surface area contributed by atoms with Gasteiger partial charge in [0.05, 0.1) is 29.5 Å². The maximum Gasteiger partial charge on any atom is 0.337 e. The molecule has 1 N–H and O–H groups in total. The van der Waals surface area contributed by atoms with Crippen LogP contribution < -0.4 is 0 Å². The number of aromatic carboxylic acids is 1. The van der Waals surface area contributed by atoms with E-state index in [4.69, 9.17) is 4.74 Å². The minimum absolute atomic E-state index is 0.117. The lowest BCUT2D eigenvalue weighted by Crippen LogP contribution is -2.19. The lowest BCUT2D eigenvalue weighted by Gasteiger charge is -2.13. The molecule has 0 fully saturated rings. The monoisotopic (exact) mass is 262 g/mol. The van der Waals surface area contributed by atoms with Gasteiger partial charge in [-0.05, 0) is 26.0 Å². The van der Waals surface area contributed by atoms with Gasteiger partial charge in [0.15, 0.2) is 0 Å². The number of carboxylic acid groups (broad SMARTS) is 1. The van der Waals surface area contributed by atoms with E-state index in [1.807, 2.05) is 0 Å². The molecule has 0 aliphatic heterocycles. The molecule has 100 valence electrons. The Hall–Kier alpha value is -2.37. The van der Waals surface area contributed by atoms with Gasteiger partial charge in [-0.3, -0.25) is 0 Å². The van der Waals surface area contributed by atoms with Crippen LogP contribution in [-0.4, -0.2) is 33.2 Å². The number of hydrogen-bond donors (Lipinski definition) is 1. The number of para-hydroxylation sites is 1. The van der Waals surface area contributed by atoms with E-state index in [1.165, 1.54) is 17.0 Å². The molecule has 0 spiro atoms. The molecule has 1 aromatic heterocycles. The highest BCUT2D eigenvalue weighted by Crippen LogP contribution is 2.22. The van der Waals surface area contributed by atoms with Gasteiger partial charge in [0.2, 0.25) is 0 Å². The van der Waals surface area contributed by atoms with E-state index < -0.39 is 18.0 Å². The van der Waals surface area contributed by atoms with Gasteiger partial charge in [-0.25, -0.2) is 14.6 Å². The highest BCUT2D eigenvalue weighted by molar-refractivity contribution is 6.01. The predicted octanol–water partition coefficient (Wildman–Crippen LogP) is 1.86. The second kappa shape index (κ2) is 5.09. The predicted molar refractivity (Wildman–Crippen MR) is 68.0 cm³/mol. The average Bonchev–Trinajstić information content (AvgIpc) is 2.81. The number of hydrogen-bond acceptors (Lipinski definition) is 4. The van der Waals surface area contributed by atoms with Gasteiger partial charge < -0.3 is 14.4 Å². The van der Waals surface area contributed by atoms with Crippen molar-refractivity contribution in [2.24, 2.45) is 0 Å². The van der Waals surface area contributed by atoms with Crippen LogP contribution in [0.15, 0.2) is 24.5 Å². The number of carbonyl (C=O) groups excluding carboxylic acids is 1. The summed E-state index contributed by atoms with van der Waals surface area (Å²) in [6.07, 6.45) is 1.46. The summed E-state index contributed by atoms with van der Waals surface area (Å²) in [5.41, 5.74) is 1.08. The van der Waals surface area contributed by atoms with Gasteiger partial charge in [0.25, 0.3) is 0 Å². The highest BCUT2D eigenvalue weighted by atomic mass is 16.5. The number of fused-ring (bicyclic) bond motifs is 1. The SMILES string of the molecule is CCOC(=O)C(C)n1cnc2cccc(C(=O)O)c21. The van der Waals surface area contributed by atoms with E-state index in [-0.39, 0.29) is 12.2 Å². The number of carbonyl (C=O) groups is 2. The first-order valence-electron chi connectivity index (χ1n) is 5.91. The standard InChI is InChI=1S/C13H14N2O4/c1-3-19-13(18)8(2)15-7-14-10-6-4-5-9(11(10)15)12(16)17/h4-8H,3H2,1-2H3,(H,16,17). The van der Waals surface area contributed by atoms with Crippen molar-refractivity contribution in [3.05, 3.63) is 30.1 Å². The molecule has 19 heavy (non-hydrogen) atoms. The molecular formula is C13H14N2O4. The molecule has 2 aromatic rings. The van der Waals surface area contributed by atoms with Gasteiger partial charge in [0.1, 0.15) is 6.04 Å². The van der Waals surface area contributed by atoms with Crippen LogP contribution in [0.2, 0.25) is 0 Å². The van der Waals surface area contributed by atoms with Gasteiger partial charge in [-0.1, -0.05) is 6.07 Å². The molecule has 0 radical (unpaired) electrons. The fraction of sp³-hybridized carbons (Fsp3) is 0.308. The largest absolute Gasteiger partial charge is 0.478 e. The molecule has 0 bridgehead atoms. The molecule has 0 aliphatic rings. The summed E-state index contributed by atoms with van der Waals surface area (Å²) in [4.78, 5) is 27.1. The first-order chi connectivity index (χ1) is 9.06. The fourth-order valence-electron chi connectivity index (χ4n) is 1.93. The fourth-order valence-corrected chi connectivity index (χ4v) is 1.93. The van der Waals surface area contributed by atoms with Crippen molar-refractivity contribution in [2.45, 2.75) is 19.9 Å². The van der Waals surface area contributed by atoms with Crippen LogP contribution in [-0.2, 0) is 9.53 Å². The quantitative estimate of drug-likeness (QED) is 0.850. The molecule has 6 heteroatoms. The number of esters is 1. The van der Waals surface area contributed by atoms with Gasteiger partial charge in [-0.2, -0.15) is 0 Å². The topological polar surface area (TPSA) is 81.4 Å². The number of rotatable bonds is 4. The van der Waals surface area contributed by atoms with E-state index in [0.29, 0.717) is 11.0 Å². The van der Waals surface area contributed by atoms with Gasteiger partial charge >= 0.3 is 11.9 Å². The Balaban J connectivity index is 2.55. The first-order valence-corrected chi connectivity index (χ1v) is 5.91. The number of nitrogens with zero attached hydrogens (tertiary/aromatic N) is 2. The van der Waals surface area contributed by atoms with Crippen molar-refractivity contribution in [1.82, 2.24) is 9.55 Å². The molecule has 0 saturated carbocycles. The summed E-state index contributed by atoms with van der Waals surface area (Å²) >= 11 is 0. The van der Waals surface area contributed by atoms with Crippen molar-refractivity contribution >= 4 is 23.0 Å². The van der Waals surface area contributed by atoms with E-state index in [2.05, 4.69) is 4.98 Å². The van der Waals surface area contributed by atoms with Crippen molar-refractivity contribution in [3.63, 3.8) is 0 Å². The maximum absolute atomic E-state index is 11.7. The molecular weight excluding hydrogens is 248 g/mol. The first kappa shape index (κ1) is 13.1. The van der Waals surface area contributed by atoms with Crippen molar-refractivity contribution in [3.8, 4) is 0 Å². The zero-order valence-electron chi connectivity index (χ0n) is 10.7. The van der Waals surface area contributed by atoms with E-state index in [1.54, 1.807) is 26.0 Å². The van der Waals surface area contributed by atoms with Crippen LogP contribution in [0.3, 0.4) is 0 Å². The lowest BCUT2D eigenvalue weighted by molar-refractivity contribution is -0.146. The Kier molecular flexibility index (Phi) is 3.50. The highest BCUT2D eigenvalue weighted by Gasteiger charge is 2.21. The molecule has 0 aliphatic carbocycles. The molecule has 0 saturated heterocycles. The summed E-state index contributed by atoms with van der Waals surface area (Å²) in [5.74, 6) is -1.47. The van der Waals surface area contributed by atoms with E-state index >= 15 is 0 Å². The summed E-state index contributed by atoms with van der Waals surface area (Å²) < 4.78 is 6.47. The van der Waals surface area contributed by atoms with Crippen molar-refractivity contribution < 1.29 is 19.4 Å². The minimum Gasteiger partial charge on any atom is -0.478 e. The van der Waals surface area contributed by atoms with E-state index in [0.717, 1.165) is 0 Å². The van der Waals surface area contributed by atoms with Crippen LogP contribution in [0.25, 0.3) is 11.0 Å². The van der Waals surface area contributed by atoms with Crippen molar-refractivity contribution in [2.75, 3.05) is 6.61 Å². The molecule has 1 heterocycles. The third-order valence-electron chi connectivity index (χ3n) is 2.87. The molecule has 1 unspecified atom stereocenters. The molecule has 6 nitrogen and oxygen atoms in total. The Bertz CT molecular complexity index is 633. The average molecular weight is 262 g/mol.